The summed E-state index contributed by atoms with van der Waals surface area (Å²) in [5.74, 6) is -1.39. The second-order valence-electron chi connectivity index (χ2n) is 3.98. The van der Waals surface area contributed by atoms with Crippen molar-refractivity contribution < 1.29 is 19.8 Å². The van der Waals surface area contributed by atoms with Gasteiger partial charge in [0.2, 0.25) is 0 Å². The molecule has 6 nitrogen and oxygen atoms in total. The lowest BCUT2D eigenvalue weighted by Gasteiger charge is -2.10. The Bertz CT molecular complexity index is 496. The van der Waals surface area contributed by atoms with Crippen LogP contribution in [0.3, 0.4) is 0 Å². The first kappa shape index (κ1) is 16.6. The maximum Gasteiger partial charge on any atom is 0.334 e. The number of carbonyl (C=O) groups excluding carboxylic acids is 1. The van der Waals surface area contributed by atoms with Crippen molar-refractivity contribution in [3.8, 4) is 0 Å². The number of aliphatic carboxylic acids is 1. The van der Waals surface area contributed by atoms with E-state index in [0.29, 0.717) is 23.0 Å². The Labute approximate surface area is 125 Å². The molecule has 0 heterocycles. The van der Waals surface area contributed by atoms with Gasteiger partial charge in [-0.15, -0.1) is 0 Å². The number of aliphatic hydroxyl groups is 1. The number of carbonyl (C=O) groups is 2. The Morgan fingerprint density at radius 1 is 1.25 bits per heavy atom. The van der Waals surface area contributed by atoms with E-state index in [2.05, 4.69) is 10.6 Å². The monoisotopic (exact) mass is 320 g/mol. The number of halogens is 2. The summed E-state index contributed by atoms with van der Waals surface area (Å²) in [6.45, 7) is -0.0424. The van der Waals surface area contributed by atoms with E-state index in [-0.39, 0.29) is 6.54 Å². The molecule has 1 aromatic rings. The van der Waals surface area contributed by atoms with Crippen molar-refractivity contribution in [1.29, 1.82) is 0 Å². The molecule has 0 spiro atoms. The molecule has 1 atom stereocenters. The molecule has 1 rings (SSSR count). The normalized spacial score (nSPS) is 11.8. The first-order valence-corrected chi connectivity index (χ1v) is 6.52. The van der Waals surface area contributed by atoms with Crippen LogP contribution in [0.2, 0.25) is 10.0 Å². The van der Waals surface area contributed by atoms with Crippen LogP contribution in [0.4, 0.5) is 4.79 Å². The van der Waals surface area contributed by atoms with E-state index in [1.54, 1.807) is 18.2 Å². The summed E-state index contributed by atoms with van der Waals surface area (Å²) in [5.41, 5.74) is 0.835. The van der Waals surface area contributed by atoms with Gasteiger partial charge in [0.1, 0.15) is 0 Å². The van der Waals surface area contributed by atoms with Crippen LogP contribution in [-0.4, -0.2) is 41.4 Å². The van der Waals surface area contributed by atoms with Crippen molar-refractivity contribution in [3.05, 3.63) is 33.8 Å². The van der Waals surface area contributed by atoms with Crippen LogP contribution in [0.25, 0.3) is 0 Å². The Morgan fingerprint density at radius 2 is 1.95 bits per heavy atom. The molecule has 0 radical (unpaired) electrons. The highest BCUT2D eigenvalue weighted by Gasteiger charge is 2.13. The Morgan fingerprint density at radius 3 is 2.55 bits per heavy atom. The summed E-state index contributed by atoms with van der Waals surface area (Å²) in [5, 5.41) is 23.2. The average molecular weight is 321 g/mol. The topological polar surface area (TPSA) is 98.7 Å². The van der Waals surface area contributed by atoms with E-state index in [1.807, 2.05) is 0 Å². The van der Waals surface area contributed by atoms with Gasteiger partial charge in [0.15, 0.2) is 6.10 Å². The first-order chi connectivity index (χ1) is 9.40. The molecule has 0 saturated carbocycles. The van der Waals surface area contributed by atoms with E-state index >= 15 is 0 Å². The van der Waals surface area contributed by atoms with Crippen LogP contribution in [0.5, 0.6) is 0 Å². The quantitative estimate of drug-likeness (QED) is 0.634. The summed E-state index contributed by atoms with van der Waals surface area (Å²) in [6, 6.07) is 4.52. The van der Waals surface area contributed by atoms with Crippen LogP contribution in [0.1, 0.15) is 5.56 Å². The Hall–Kier alpha value is -1.50. The van der Waals surface area contributed by atoms with Crippen LogP contribution < -0.4 is 10.6 Å². The molecule has 0 aliphatic heterocycles. The number of carboxylic acid groups (broad SMARTS) is 1. The molecule has 0 unspecified atom stereocenters. The summed E-state index contributed by atoms with van der Waals surface area (Å²) in [4.78, 5) is 21.6. The van der Waals surface area contributed by atoms with Crippen LogP contribution in [-0.2, 0) is 11.2 Å². The lowest BCUT2D eigenvalue weighted by atomic mass is 10.1. The maximum atomic E-state index is 11.3. The minimum absolute atomic E-state index is 0.316. The molecule has 0 aliphatic rings. The van der Waals surface area contributed by atoms with Gasteiger partial charge in [-0.25, -0.2) is 9.59 Å². The van der Waals surface area contributed by atoms with Gasteiger partial charge >= 0.3 is 12.0 Å². The smallest absolute Gasteiger partial charge is 0.334 e. The van der Waals surface area contributed by atoms with E-state index in [4.69, 9.17) is 33.4 Å². The third-order valence-corrected chi connectivity index (χ3v) is 3.02. The number of hydrogen-bond acceptors (Lipinski definition) is 3. The van der Waals surface area contributed by atoms with Gasteiger partial charge in [0.05, 0.1) is 6.54 Å². The number of carboxylic acids is 1. The standard InChI is InChI=1S/C12H14Cl2N2O4/c13-8-2-1-7(9(14)5-8)3-4-15-12(20)16-6-10(17)11(18)19/h1-2,5,10,17H,3-4,6H2,(H,18,19)(H2,15,16,20)/t10-/m0/s1. The number of benzene rings is 1. The zero-order valence-corrected chi connectivity index (χ0v) is 11.9. The molecule has 20 heavy (non-hydrogen) atoms. The fourth-order valence-corrected chi connectivity index (χ4v) is 1.88. The highest BCUT2D eigenvalue weighted by atomic mass is 35.5. The first-order valence-electron chi connectivity index (χ1n) is 5.76. The van der Waals surface area contributed by atoms with Gasteiger partial charge in [0, 0.05) is 16.6 Å². The summed E-state index contributed by atoms with van der Waals surface area (Å²) < 4.78 is 0. The molecule has 0 saturated heterocycles. The molecule has 0 fully saturated rings. The molecule has 2 amide bonds. The maximum absolute atomic E-state index is 11.3. The summed E-state index contributed by atoms with van der Waals surface area (Å²) in [7, 11) is 0. The predicted octanol–water partition coefficient (Wildman–Crippen LogP) is 1.28. The van der Waals surface area contributed by atoms with Crippen LogP contribution in [0.15, 0.2) is 18.2 Å². The van der Waals surface area contributed by atoms with Crippen molar-refractivity contribution in [1.82, 2.24) is 10.6 Å². The molecule has 8 heteroatoms. The molecule has 0 bridgehead atoms. The van der Waals surface area contributed by atoms with Gasteiger partial charge in [-0.2, -0.15) is 0 Å². The Balaban J connectivity index is 2.30. The van der Waals surface area contributed by atoms with Crippen LogP contribution in [0, 0.1) is 0 Å². The van der Waals surface area contributed by atoms with Gasteiger partial charge in [-0.05, 0) is 24.1 Å². The molecule has 0 aliphatic carbocycles. The second kappa shape index (κ2) is 7.94. The Kier molecular flexibility index (Phi) is 6.57. The molecular weight excluding hydrogens is 307 g/mol. The third kappa shape index (κ3) is 5.64. The van der Waals surface area contributed by atoms with Crippen LogP contribution >= 0.6 is 23.2 Å². The van der Waals surface area contributed by atoms with E-state index < -0.39 is 18.1 Å². The zero-order chi connectivity index (χ0) is 15.1. The van der Waals surface area contributed by atoms with Gasteiger partial charge < -0.3 is 20.8 Å². The van der Waals surface area contributed by atoms with Gasteiger partial charge in [-0.3, -0.25) is 0 Å². The second-order valence-corrected chi connectivity index (χ2v) is 4.82. The highest BCUT2D eigenvalue weighted by molar-refractivity contribution is 6.35. The number of rotatable bonds is 6. The largest absolute Gasteiger partial charge is 0.479 e. The third-order valence-electron chi connectivity index (χ3n) is 2.44. The van der Waals surface area contributed by atoms with Crippen molar-refractivity contribution in [3.63, 3.8) is 0 Å². The molecular formula is C12H14Cl2N2O4. The van der Waals surface area contributed by atoms with Crippen molar-refractivity contribution in [2.45, 2.75) is 12.5 Å². The van der Waals surface area contributed by atoms with Crippen molar-refractivity contribution in [2.75, 3.05) is 13.1 Å². The number of aliphatic hydroxyl groups excluding tert-OH is 1. The number of nitrogens with one attached hydrogen (secondary N) is 2. The molecule has 110 valence electrons. The van der Waals surface area contributed by atoms with Gasteiger partial charge in [-0.1, -0.05) is 29.3 Å². The van der Waals surface area contributed by atoms with Crippen molar-refractivity contribution in [2.24, 2.45) is 0 Å². The lowest BCUT2D eigenvalue weighted by molar-refractivity contribution is -0.146. The molecule has 0 aromatic heterocycles. The van der Waals surface area contributed by atoms with Gasteiger partial charge in [0.25, 0.3) is 0 Å². The lowest BCUT2D eigenvalue weighted by Crippen LogP contribution is -2.42. The summed E-state index contributed by atoms with van der Waals surface area (Å²) >= 11 is 11.7. The minimum atomic E-state index is -1.62. The fourth-order valence-electron chi connectivity index (χ4n) is 1.37. The fraction of sp³-hybridized carbons (Fsp3) is 0.333. The summed E-state index contributed by atoms with van der Waals surface area (Å²) in [6.07, 6.45) is -1.11. The number of amides is 2. The minimum Gasteiger partial charge on any atom is -0.479 e. The van der Waals surface area contributed by atoms with E-state index in [0.717, 1.165) is 5.56 Å². The SMILES string of the molecule is O=C(NCCc1ccc(Cl)cc1Cl)NC[C@H](O)C(=O)O. The van der Waals surface area contributed by atoms with E-state index in [9.17, 15) is 9.59 Å². The average Bonchev–Trinajstić information content (AvgIpc) is 2.38. The van der Waals surface area contributed by atoms with Crippen molar-refractivity contribution >= 4 is 35.2 Å². The predicted molar refractivity (Wildman–Crippen MR) is 75.2 cm³/mol. The van der Waals surface area contributed by atoms with E-state index in [1.165, 1.54) is 0 Å². The molecule has 1 aromatic carbocycles. The number of hydrogen-bond donors (Lipinski definition) is 4. The highest BCUT2D eigenvalue weighted by Crippen LogP contribution is 2.20. The molecule has 4 N–H and O–H groups in total. The number of urea groups is 1. The zero-order valence-electron chi connectivity index (χ0n) is 10.4.